The topological polar surface area (TPSA) is 269 Å². The van der Waals surface area contributed by atoms with E-state index in [9.17, 15) is 24.5 Å². The highest BCUT2D eigenvalue weighted by Crippen LogP contribution is 2.25. The average molecular weight is 991 g/mol. The molecule has 0 bridgehead atoms. The Morgan fingerprint density at radius 3 is 1.59 bits per heavy atom. The van der Waals surface area contributed by atoms with Crippen molar-refractivity contribution in [1.82, 2.24) is 35.2 Å². The lowest BCUT2D eigenvalue weighted by molar-refractivity contribution is 0.0696. The summed E-state index contributed by atoms with van der Waals surface area (Å²) in [7, 11) is -1.00. The second-order valence-electron chi connectivity index (χ2n) is 14.6. The molecule has 0 fully saturated rings. The number of pyridine rings is 6. The number of carboxylic acids is 1. The SMILES string of the molecule is C.Cc1cc(N)ncc1CN.Cc1cc(N)ncc1CNC(=O)c1ccnc(Cc2cc(C#N)c3ncc(Cl)cc3c2)c1.Cl.N#Cc1cc(Cc2cc(C(=O)O)ccn2)cc2cc(Cl)cnc12.[2H]CF. The Bertz CT molecular complexity index is 3210. The van der Waals surface area contributed by atoms with E-state index in [0.717, 1.165) is 44.2 Å². The summed E-state index contributed by atoms with van der Waals surface area (Å²) < 4.78 is 15.5. The number of hydrogen-bond donors (Lipinski definition) is 5. The Kier molecular flexibility index (Phi) is 20.6. The van der Waals surface area contributed by atoms with E-state index >= 15 is 0 Å². The molecule has 0 aliphatic rings. The largest absolute Gasteiger partial charge is 0.478 e. The molecule has 0 spiro atoms. The Morgan fingerprint density at radius 1 is 0.710 bits per heavy atom. The maximum atomic E-state index is 12.7. The summed E-state index contributed by atoms with van der Waals surface area (Å²) >= 11 is 12.0. The first-order valence-corrected chi connectivity index (χ1v) is 20.8. The highest BCUT2D eigenvalue weighted by molar-refractivity contribution is 6.31. The van der Waals surface area contributed by atoms with Crippen molar-refractivity contribution < 1.29 is 20.5 Å². The van der Waals surface area contributed by atoms with Gasteiger partial charge < -0.3 is 27.6 Å². The molecule has 8 N–H and O–H groups in total. The molecule has 2 aromatic carbocycles. The molecule has 19 heteroatoms. The van der Waals surface area contributed by atoms with E-state index in [0.29, 0.717) is 86.7 Å². The van der Waals surface area contributed by atoms with Crippen LogP contribution in [0.3, 0.4) is 0 Å². The Hall–Kier alpha value is -7.86. The molecule has 1 amide bonds. The van der Waals surface area contributed by atoms with E-state index < -0.39 is 13.1 Å². The monoisotopic (exact) mass is 989 g/mol. The number of anilines is 2. The summed E-state index contributed by atoms with van der Waals surface area (Å²) in [5.41, 5.74) is 26.4. The first kappa shape index (κ1) is 53.8. The number of fused-ring (bicyclic) bond motifs is 2. The predicted molar refractivity (Wildman–Crippen MR) is 271 cm³/mol. The summed E-state index contributed by atoms with van der Waals surface area (Å²) in [6.45, 7) is 4.77. The third-order valence-electron chi connectivity index (χ3n) is 9.91. The smallest absolute Gasteiger partial charge is 0.335 e. The molecule has 15 nitrogen and oxygen atoms in total. The van der Waals surface area contributed by atoms with Gasteiger partial charge in [0.05, 0.1) is 46.3 Å². The number of rotatable bonds is 9. The number of aryl methyl sites for hydroxylation is 2. The van der Waals surface area contributed by atoms with Crippen molar-refractivity contribution in [2.24, 2.45) is 5.73 Å². The number of halogens is 4. The number of nitrogen functional groups attached to an aromatic ring is 2. The number of aromatic nitrogens is 6. The van der Waals surface area contributed by atoms with Crippen LogP contribution in [0.25, 0.3) is 21.8 Å². The maximum Gasteiger partial charge on any atom is 0.335 e. The zero-order valence-corrected chi connectivity index (χ0v) is 38.9. The van der Waals surface area contributed by atoms with Crippen LogP contribution in [0, 0.1) is 36.5 Å². The predicted octanol–water partition coefficient (Wildman–Crippen LogP) is 9.48. The van der Waals surface area contributed by atoms with Gasteiger partial charge in [-0.2, -0.15) is 10.5 Å². The number of amides is 1. The van der Waals surface area contributed by atoms with Gasteiger partial charge in [-0.3, -0.25) is 29.1 Å². The van der Waals surface area contributed by atoms with Gasteiger partial charge in [0.1, 0.15) is 23.8 Å². The van der Waals surface area contributed by atoms with Crippen LogP contribution in [0.4, 0.5) is 16.0 Å². The molecule has 69 heavy (non-hydrogen) atoms. The number of benzene rings is 2. The standard InChI is InChI=1S/C24H19ClN6O.C17H10ClN3O2.C7H11N3.CH3F.CH4.ClH/c1-14-4-22(27)29-11-19(14)12-31-24(32)16-2-3-28-21(9-16)7-15-5-17-8-20(25)13-30-23(17)18(6-15)10-26;18-14-6-12-3-10(4-13(8-19)16(12)21-9-14)5-15-7-11(17(22)23)1-2-20-15;1-5-2-7(9)10-4-6(5)3-8;1-2;;/h2-6,8-9,11,13H,7,12H2,1H3,(H2,27,29)(H,31,32);1-4,6-7,9H,5H2,(H,22,23);2,4H,3,8H2,1H3,(H2,9,10);1H3;1H4;1H/i;;;1D;;. The number of carboxylic acid groups (broad SMARTS) is 1. The van der Waals surface area contributed by atoms with E-state index in [1.165, 1.54) is 30.7 Å². The van der Waals surface area contributed by atoms with Gasteiger partial charge >= 0.3 is 5.97 Å². The molecule has 0 saturated carbocycles. The normalized spacial score (nSPS) is 10.1. The summed E-state index contributed by atoms with van der Waals surface area (Å²) in [5.74, 6) is -0.213. The summed E-state index contributed by atoms with van der Waals surface area (Å²) in [6.07, 6.45) is 10.3. The number of hydrogen-bond acceptors (Lipinski definition) is 13. The first-order valence-electron chi connectivity index (χ1n) is 20.7. The molecule has 0 unspecified atom stereocenters. The van der Waals surface area contributed by atoms with E-state index in [-0.39, 0.29) is 31.3 Å². The quantitative estimate of drug-likeness (QED) is 0.0901. The fourth-order valence-corrected chi connectivity index (χ4v) is 7.01. The van der Waals surface area contributed by atoms with Gasteiger partial charge in [0.25, 0.3) is 5.91 Å². The van der Waals surface area contributed by atoms with E-state index in [1.807, 2.05) is 32.0 Å². The van der Waals surface area contributed by atoms with E-state index in [2.05, 4.69) is 47.4 Å². The van der Waals surface area contributed by atoms with E-state index in [4.69, 9.17) is 46.9 Å². The lowest BCUT2D eigenvalue weighted by atomic mass is 10.0. The van der Waals surface area contributed by atoms with E-state index in [1.54, 1.807) is 61.1 Å². The number of nitrogens with two attached hydrogens (primary N) is 3. The molecule has 0 saturated heterocycles. The van der Waals surface area contributed by atoms with Gasteiger partial charge in [-0.05, 0) is 120 Å². The number of aromatic carboxylic acids is 1. The number of nitriles is 2. The summed E-state index contributed by atoms with van der Waals surface area (Å²) in [4.78, 5) is 48.7. The molecule has 8 aromatic rings. The van der Waals surface area contributed by atoms with Gasteiger partial charge in [0.2, 0.25) is 0 Å². The van der Waals surface area contributed by atoms with Crippen LogP contribution in [0.1, 0.15) is 85.4 Å². The lowest BCUT2D eigenvalue weighted by Crippen LogP contribution is -2.23. The van der Waals surface area contributed by atoms with Crippen LogP contribution in [0.5, 0.6) is 0 Å². The molecule has 6 aromatic heterocycles. The van der Waals surface area contributed by atoms with Crippen LogP contribution >= 0.6 is 35.6 Å². The van der Waals surface area contributed by atoms with Crippen LogP contribution in [-0.2, 0) is 25.9 Å². The minimum absolute atomic E-state index is 0. The van der Waals surface area contributed by atoms with Crippen molar-refractivity contribution in [2.45, 2.75) is 47.2 Å². The van der Waals surface area contributed by atoms with Crippen molar-refractivity contribution >= 4 is 80.9 Å². The molecular weight excluding hydrogens is 942 g/mol. The number of nitrogens with one attached hydrogen (secondary N) is 1. The van der Waals surface area contributed by atoms with Gasteiger partial charge in [-0.15, -0.1) is 12.4 Å². The fourth-order valence-electron chi connectivity index (χ4n) is 6.68. The van der Waals surface area contributed by atoms with Gasteiger partial charge in [0.15, 0.2) is 0 Å². The number of carbonyl (C=O) groups is 2. The van der Waals surface area contributed by atoms with Crippen LogP contribution < -0.4 is 22.5 Å². The van der Waals surface area contributed by atoms with Crippen molar-refractivity contribution in [3.63, 3.8) is 0 Å². The summed E-state index contributed by atoms with van der Waals surface area (Å²) in [6, 6.07) is 25.1. The van der Waals surface area contributed by atoms with Gasteiger partial charge in [-0.1, -0.05) is 30.6 Å². The first-order chi connectivity index (χ1) is 32.6. The molecule has 0 aliphatic carbocycles. The molecule has 0 atom stereocenters. The summed E-state index contributed by atoms with van der Waals surface area (Å²) in [5, 5.41) is 33.3. The maximum absolute atomic E-state index is 12.7. The Morgan fingerprint density at radius 2 is 1.16 bits per heavy atom. The average Bonchev–Trinajstić information content (AvgIpc) is 3.31. The van der Waals surface area contributed by atoms with Crippen molar-refractivity contribution in [3.05, 3.63) is 187 Å². The van der Waals surface area contributed by atoms with Crippen molar-refractivity contribution in [2.75, 3.05) is 18.6 Å². The zero-order chi connectivity index (χ0) is 49.3. The molecule has 354 valence electrons. The van der Waals surface area contributed by atoms with Crippen molar-refractivity contribution in [3.8, 4) is 12.1 Å². The molecule has 0 radical (unpaired) electrons. The Labute approximate surface area is 416 Å². The second-order valence-corrected chi connectivity index (χ2v) is 15.5. The Balaban J connectivity index is 0.000000297. The third kappa shape index (κ3) is 15.3. The van der Waals surface area contributed by atoms with Crippen LogP contribution in [0.15, 0.2) is 110 Å². The van der Waals surface area contributed by atoms with Gasteiger partial charge in [0, 0.05) is 90.8 Å². The highest BCUT2D eigenvalue weighted by atomic mass is 35.5. The molecule has 0 aliphatic heterocycles. The number of nitrogens with zero attached hydrogens (tertiary/aromatic N) is 8. The van der Waals surface area contributed by atoms with Crippen LogP contribution in [-0.4, -0.2) is 54.0 Å². The number of alkyl halides is 1. The fraction of sp³-hybridized carbons (Fsp3) is 0.160. The lowest BCUT2D eigenvalue weighted by Gasteiger charge is -2.10. The van der Waals surface area contributed by atoms with Crippen molar-refractivity contribution in [1.29, 1.82) is 10.5 Å². The minimum atomic E-state index is -1.00. The molecule has 6 heterocycles. The number of carbonyl (C=O) groups excluding carboxylic acids is 1. The zero-order valence-electron chi connectivity index (χ0n) is 37.5. The second kappa shape index (κ2) is 26.5. The van der Waals surface area contributed by atoms with Gasteiger partial charge in [-0.25, -0.2) is 14.8 Å². The third-order valence-corrected chi connectivity index (χ3v) is 10.3. The molecular formula is C50H48Cl3FN12O3. The van der Waals surface area contributed by atoms with Crippen LogP contribution in [0.2, 0.25) is 10.0 Å². The highest BCUT2D eigenvalue weighted by Gasteiger charge is 2.13. The minimum Gasteiger partial charge on any atom is -0.478 e. The molecule has 8 rings (SSSR count).